The molecule has 0 saturated heterocycles. The Morgan fingerprint density at radius 2 is 1.13 bits per heavy atom. The highest BCUT2D eigenvalue weighted by Gasteiger charge is 2.23. The Hall–Kier alpha value is -6.65. The van der Waals surface area contributed by atoms with Crippen molar-refractivity contribution in [1.29, 1.82) is 0 Å². The van der Waals surface area contributed by atoms with Crippen LogP contribution in [0.5, 0.6) is 11.5 Å². The Morgan fingerprint density at radius 1 is 0.710 bits per heavy atom. The average Bonchev–Trinajstić information content (AvgIpc) is 3.69. The summed E-state index contributed by atoms with van der Waals surface area (Å²) < 4.78 is 16.2. The van der Waals surface area contributed by atoms with Crippen molar-refractivity contribution >= 4 is 52.7 Å². The molecule has 7 N–H and O–H groups in total. The van der Waals surface area contributed by atoms with Gasteiger partial charge in [0, 0.05) is 56.1 Å². The average molecular weight is 890 g/mol. The number of nitrogens with one attached hydrogen (secondary N) is 4. The van der Waals surface area contributed by atoms with Crippen LogP contribution in [0.15, 0.2) is 94.6 Å². The quantitative estimate of drug-likeness (QED) is 0.0296. The smallest absolute Gasteiger partial charge is 0.251 e. The summed E-state index contributed by atoms with van der Waals surface area (Å²) in [6, 6.07) is 22.1. The van der Waals surface area contributed by atoms with Crippen LogP contribution >= 0.6 is 23.2 Å². The minimum atomic E-state index is -0.803. The molecule has 1 heterocycles. The minimum absolute atomic E-state index is 0.0144. The first-order chi connectivity index (χ1) is 29.5. The Kier molecular flexibility index (Phi) is 17.7. The lowest BCUT2D eigenvalue weighted by Gasteiger charge is -2.18. The van der Waals surface area contributed by atoms with Crippen LogP contribution in [0.3, 0.4) is 0 Å². The number of rotatable bonds is 16. The zero-order chi connectivity index (χ0) is 45.5. The zero-order valence-corrected chi connectivity index (χ0v) is 36.8. The maximum absolute atomic E-state index is 12.8. The van der Waals surface area contributed by atoms with Crippen molar-refractivity contribution in [2.75, 3.05) is 14.1 Å². The molecular formula is C44H50Cl2N8O8. The molecule has 16 nitrogen and oxygen atoms in total. The van der Waals surface area contributed by atoms with Crippen LogP contribution in [0.2, 0.25) is 10.0 Å². The van der Waals surface area contributed by atoms with E-state index in [2.05, 4.69) is 36.6 Å². The van der Waals surface area contributed by atoms with E-state index in [1.54, 1.807) is 55.5 Å². The first-order valence-corrected chi connectivity index (χ1v) is 20.2. The van der Waals surface area contributed by atoms with E-state index < -0.39 is 23.9 Å². The molecule has 4 amide bonds. The van der Waals surface area contributed by atoms with Crippen LogP contribution in [0.25, 0.3) is 11.4 Å². The highest BCUT2D eigenvalue weighted by Crippen LogP contribution is 2.28. The Bertz CT molecular complexity index is 2350. The third-order valence-electron chi connectivity index (χ3n) is 8.83. The molecule has 0 aliphatic heterocycles. The lowest BCUT2D eigenvalue weighted by Crippen LogP contribution is -2.47. The number of hydrogen-bond donors (Lipinski definition) is 6. The van der Waals surface area contributed by atoms with Crippen molar-refractivity contribution in [2.45, 2.75) is 71.8 Å². The van der Waals surface area contributed by atoms with Gasteiger partial charge in [0.1, 0.15) is 23.6 Å². The van der Waals surface area contributed by atoms with Gasteiger partial charge in [-0.1, -0.05) is 82.0 Å². The van der Waals surface area contributed by atoms with Crippen molar-refractivity contribution in [2.24, 2.45) is 10.9 Å². The van der Waals surface area contributed by atoms with Crippen molar-refractivity contribution in [3.05, 3.63) is 129 Å². The normalized spacial score (nSPS) is 12.1. The molecular weight excluding hydrogens is 839 g/mol. The van der Waals surface area contributed by atoms with Crippen LogP contribution in [0.1, 0.15) is 71.0 Å². The molecule has 0 fully saturated rings. The van der Waals surface area contributed by atoms with Gasteiger partial charge >= 0.3 is 0 Å². The summed E-state index contributed by atoms with van der Waals surface area (Å²) in [5.41, 5.74) is 9.19. The molecule has 328 valence electrons. The van der Waals surface area contributed by atoms with Gasteiger partial charge in [0.25, 0.3) is 11.8 Å². The number of nitrogens with two attached hydrogens (primary N) is 1. The summed E-state index contributed by atoms with van der Waals surface area (Å²) in [7, 11) is 3.02. The summed E-state index contributed by atoms with van der Waals surface area (Å²) in [4.78, 5) is 54.4. The molecule has 0 aliphatic rings. The van der Waals surface area contributed by atoms with E-state index in [1.807, 2.05) is 52.0 Å². The molecule has 0 spiro atoms. The van der Waals surface area contributed by atoms with Crippen LogP contribution in [0, 0.1) is 6.92 Å². The molecule has 2 unspecified atom stereocenters. The molecule has 4 aromatic carbocycles. The Labute approximate surface area is 369 Å². The third kappa shape index (κ3) is 14.0. The Balaban J connectivity index is 0.000000273. The summed E-state index contributed by atoms with van der Waals surface area (Å²) >= 11 is 12.4. The predicted molar refractivity (Wildman–Crippen MR) is 236 cm³/mol. The second kappa shape index (κ2) is 22.8. The number of carbonyl (C=O) groups is 4. The molecule has 1 aromatic heterocycles. The van der Waals surface area contributed by atoms with Gasteiger partial charge in [0.15, 0.2) is 5.84 Å². The predicted octanol–water partition coefficient (Wildman–Crippen LogP) is 5.88. The number of nitrogens with zero attached hydrogens (tertiary/aromatic N) is 3. The number of hydrogen-bond acceptors (Lipinski definition) is 11. The van der Waals surface area contributed by atoms with Crippen LogP contribution in [0.4, 0.5) is 0 Å². The van der Waals surface area contributed by atoms with E-state index in [4.69, 9.17) is 48.1 Å². The molecule has 0 radical (unpaired) electrons. The van der Waals surface area contributed by atoms with E-state index in [0.717, 1.165) is 16.7 Å². The SMILES string of the molecule is CNC(=O)C(Cc1ccc(-c2noc(C)n2)cc1)NC(=O)c1ccc(OC(C)C)c(Cl)c1.CNC(=O)C(Cc1ccc(/C(N)=N/O)cc1)NC(=O)c1ccc(OC(C)C)c(Cl)c1. The Morgan fingerprint density at radius 3 is 1.48 bits per heavy atom. The molecule has 0 bridgehead atoms. The van der Waals surface area contributed by atoms with Crippen LogP contribution < -0.4 is 36.5 Å². The standard InChI is InChI=1S/C23H25ClN4O4.C21H25ClN4O4/c1-13(2)31-20-10-9-17(12-18(20)24)22(29)27-19(23(30)25-4)11-15-5-7-16(8-6-15)21-26-14(3)32-28-21;1-12(2)30-18-9-8-15(11-16(18)22)20(27)25-17(21(28)24-3)10-13-4-6-14(7-5-13)19(23)26-29/h5-10,12-13,19H,11H2,1-4H3,(H,25,30)(H,27,29);4-9,11-12,17,29H,10H2,1-3H3,(H2,23,26)(H,24,28)(H,25,27). The number of amidine groups is 1. The number of amides is 4. The fraction of sp³-hybridized carbons (Fsp3) is 0.295. The van der Waals surface area contributed by atoms with E-state index in [9.17, 15) is 19.2 Å². The van der Waals surface area contributed by atoms with Crippen LogP contribution in [-0.4, -0.2) is 83.2 Å². The van der Waals surface area contributed by atoms with Gasteiger partial charge in [-0.25, -0.2) is 0 Å². The highest BCUT2D eigenvalue weighted by molar-refractivity contribution is 6.32. The van der Waals surface area contributed by atoms with E-state index in [0.29, 0.717) is 56.4 Å². The van der Waals surface area contributed by atoms with E-state index in [-0.39, 0.29) is 36.3 Å². The van der Waals surface area contributed by atoms with Gasteiger partial charge in [-0.05, 0) is 75.2 Å². The molecule has 0 aliphatic carbocycles. The first-order valence-electron chi connectivity index (χ1n) is 19.5. The van der Waals surface area contributed by atoms with Crippen LogP contribution in [-0.2, 0) is 22.4 Å². The third-order valence-corrected chi connectivity index (χ3v) is 9.42. The minimum Gasteiger partial charge on any atom is -0.489 e. The first kappa shape index (κ1) is 48.0. The van der Waals surface area contributed by atoms with Gasteiger partial charge in [0.2, 0.25) is 23.5 Å². The van der Waals surface area contributed by atoms with Gasteiger partial charge in [-0.15, -0.1) is 0 Å². The monoisotopic (exact) mass is 888 g/mol. The largest absolute Gasteiger partial charge is 0.489 e. The summed E-state index contributed by atoms with van der Waals surface area (Å²) in [6.45, 7) is 9.26. The molecule has 0 saturated carbocycles. The van der Waals surface area contributed by atoms with Gasteiger partial charge < -0.3 is 46.2 Å². The fourth-order valence-electron chi connectivity index (χ4n) is 5.78. The number of aryl methyl sites for hydroxylation is 1. The lowest BCUT2D eigenvalue weighted by molar-refractivity contribution is -0.123. The molecule has 2 atom stereocenters. The van der Waals surface area contributed by atoms with Crippen molar-refractivity contribution < 1.29 is 38.4 Å². The zero-order valence-electron chi connectivity index (χ0n) is 35.3. The van der Waals surface area contributed by atoms with Gasteiger partial charge in [-0.2, -0.15) is 4.98 Å². The fourth-order valence-corrected chi connectivity index (χ4v) is 6.23. The maximum atomic E-state index is 12.8. The maximum Gasteiger partial charge on any atom is 0.251 e. The lowest BCUT2D eigenvalue weighted by atomic mass is 10.0. The van der Waals surface area contributed by atoms with Crippen molar-refractivity contribution in [3.8, 4) is 22.9 Å². The van der Waals surface area contributed by atoms with Crippen molar-refractivity contribution in [1.82, 2.24) is 31.4 Å². The number of likely N-dealkylation sites (N-methyl/N-ethyl adjacent to an activating group) is 2. The highest BCUT2D eigenvalue weighted by atomic mass is 35.5. The molecule has 18 heteroatoms. The number of halogens is 2. The van der Waals surface area contributed by atoms with E-state index in [1.165, 1.54) is 26.2 Å². The van der Waals surface area contributed by atoms with Crippen molar-refractivity contribution in [3.63, 3.8) is 0 Å². The van der Waals surface area contributed by atoms with Gasteiger partial charge in [0.05, 0.1) is 22.3 Å². The number of benzene rings is 4. The molecule has 5 aromatic rings. The van der Waals surface area contributed by atoms with Gasteiger partial charge in [-0.3, -0.25) is 19.2 Å². The molecule has 62 heavy (non-hydrogen) atoms. The summed E-state index contributed by atoms with van der Waals surface area (Å²) in [5.74, 6) is 0.457. The second-order valence-corrected chi connectivity index (χ2v) is 15.1. The second-order valence-electron chi connectivity index (χ2n) is 14.3. The summed E-state index contributed by atoms with van der Waals surface area (Å²) in [6.07, 6.45) is 0.467. The summed E-state index contributed by atoms with van der Waals surface area (Å²) in [5, 5.41) is 26.9. The number of oxime groups is 1. The van der Waals surface area contributed by atoms with E-state index >= 15 is 0 Å². The topological polar surface area (TPSA) is 232 Å². The number of carbonyl (C=O) groups excluding carboxylic acids is 4. The number of aromatic nitrogens is 2. The molecule has 5 rings (SSSR count). The number of ether oxygens (including phenoxy) is 2.